The summed E-state index contributed by atoms with van der Waals surface area (Å²) in [5.74, 6) is 0. The zero-order chi connectivity index (χ0) is 7.84. The standard InChI is InChI=1S/C7H10N4/c1-6(2)11-7-3-4-8-10(7)5-9-11/h3-6H,1-2H3. The summed E-state index contributed by atoms with van der Waals surface area (Å²) in [6, 6.07) is 2.34. The second-order valence-corrected chi connectivity index (χ2v) is 2.80. The molecule has 0 radical (unpaired) electrons. The average molecular weight is 150 g/mol. The number of rotatable bonds is 1. The molecule has 11 heavy (non-hydrogen) atoms. The minimum Gasteiger partial charge on any atom is -0.244 e. The predicted octanol–water partition coefficient (Wildman–Crippen LogP) is 1.11. The molecule has 2 aromatic heterocycles. The maximum absolute atomic E-state index is 4.17. The number of hydrogen-bond donors (Lipinski definition) is 0. The lowest BCUT2D eigenvalue weighted by molar-refractivity contribution is 0.550. The fourth-order valence-corrected chi connectivity index (χ4v) is 1.14. The van der Waals surface area contributed by atoms with Crippen LogP contribution in [0.2, 0.25) is 0 Å². The van der Waals surface area contributed by atoms with E-state index in [1.807, 2.05) is 10.7 Å². The quantitative estimate of drug-likeness (QED) is 0.610. The molecule has 58 valence electrons. The van der Waals surface area contributed by atoms with Gasteiger partial charge in [-0.15, -0.1) is 0 Å². The lowest BCUT2D eigenvalue weighted by Crippen LogP contribution is -2.01. The lowest BCUT2D eigenvalue weighted by atomic mass is 10.4. The Morgan fingerprint density at radius 3 is 2.91 bits per heavy atom. The minimum atomic E-state index is 0.393. The number of aromatic nitrogens is 4. The van der Waals surface area contributed by atoms with E-state index in [0.717, 1.165) is 5.65 Å². The monoisotopic (exact) mass is 150 g/mol. The normalized spacial score (nSPS) is 11.5. The van der Waals surface area contributed by atoms with Gasteiger partial charge < -0.3 is 0 Å². The third kappa shape index (κ3) is 0.824. The van der Waals surface area contributed by atoms with E-state index in [1.54, 1.807) is 17.0 Å². The molecule has 0 atom stereocenters. The fraction of sp³-hybridized carbons (Fsp3) is 0.429. The van der Waals surface area contributed by atoms with Gasteiger partial charge in [0, 0.05) is 12.1 Å². The van der Waals surface area contributed by atoms with Crippen LogP contribution in [-0.4, -0.2) is 19.4 Å². The molecule has 0 aliphatic rings. The Morgan fingerprint density at radius 1 is 1.36 bits per heavy atom. The minimum absolute atomic E-state index is 0.393. The van der Waals surface area contributed by atoms with Crippen LogP contribution < -0.4 is 0 Å². The van der Waals surface area contributed by atoms with Crippen molar-refractivity contribution in [1.82, 2.24) is 19.4 Å². The Balaban J connectivity index is 2.68. The van der Waals surface area contributed by atoms with Crippen molar-refractivity contribution in [2.24, 2.45) is 0 Å². The first-order valence-electron chi connectivity index (χ1n) is 3.66. The highest BCUT2D eigenvalue weighted by Gasteiger charge is 2.04. The molecule has 0 N–H and O–H groups in total. The van der Waals surface area contributed by atoms with Crippen molar-refractivity contribution in [2.45, 2.75) is 19.9 Å². The molecular weight excluding hydrogens is 140 g/mol. The van der Waals surface area contributed by atoms with Crippen molar-refractivity contribution in [3.8, 4) is 0 Å². The fourth-order valence-electron chi connectivity index (χ4n) is 1.14. The van der Waals surface area contributed by atoms with Gasteiger partial charge in [-0.2, -0.15) is 10.2 Å². The van der Waals surface area contributed by atoms with Gasteiger partial charge in [-0.3, -0.25) is 0 Å². The summed E-state index contributed by atoms with van der Waals surface area (Å²) in [6.45, 7) is 4.19. The van der Waals surface area contributed by atoms with Crippen molar-refractivity contribution in [3.05, 3.63) is 18.6 Å². The molecule has 4 nitrogen and oxygen atoms in total. The molecule has 0 bridgehead atoms. The molecule has 0 amide bonds. The first kappa shape index (κ1) is 6.39. The molecule has 0 unspecified atom stereocenters. The van der Waals surface area contributed by atoms with Gasteiger partial charge in [-0.25, -0.2) is 9.20 Å². The highest BCUT2D eigenvalue weighted by molar-refractivity contribution is 5.35. The summed E-state index contributed by atoms with van der Waals surface area (Å²) in [5.41, 5.74) is 1.04. The smallest absolute Gasteiger partial charge is 0.154 e. The molecule has 0 aliphatic carbocycles. The van der Waals surface area contributed by atoms with Gasteiger partial charge >= 0.3 is 0 Å². The molecule has 0 fully saturated rings. The van der Waals surface area contributed by atoms with Gasteiger partial charge in [0.05, 0.1) is 6.20 Å². The SMILES string of the molecule is CC(C)n1ncn2nccc12. The Kier molecular flexibility index (Phi) is 1.21. The summed E-state index contributed by atoms with van der Waals surface area (Å²) in [5, 5.41) is 8.23. The highest BCUT2D eigenvalue weighted by Crippen LogP contribution is 2.07. The Morgan fingerprint density at radius 2 is 2.18 bits per heavy atom. The van der Waals surface area contributed by atoms with Crippen LogP contribution in [0.3, 0.4) is 0 Å². The molecule has 2 aromatic rings. The summed E-state index contributed by atoms with van der Waals surface area (Å²) in [4.78, 5) is 0. The van der Waals surface area contributed by atoms with Crippen molar-refractivity contribution in [2.75, 3.05) is 0 Å². The largest absolute Gasteiger partial charge is 0.244 e. The predicted molar refractivity (Wildman–Crippen MR) is 41.4 cm³/mol. The second kappa shape index (κ2) is 2.08. The second-order valence-electron chi connectivity index (χ2n) is 2.80. The molecule has 0 saturated carbocycles. The van der Waals surface area contributed by atoms with Crippen LogP contribution in [0.4, 0.5) is 0 Å². The Bertz CT molecular complexity index is 357. The summed E-state index contributed by atoms with van der Waals surface area (Å²) >= 11 is 0. The Labute approximate surface area is 64.4 Å². The third-order valence-electron chi connectivity index (χ3n) is 1.66. The van der Waals surface area contributed by atoms with Gasteiger partial charge in [0.2, 0.25) is 0 Å². The highest BCUT2D eigenvalue weighted by atomic mass is 15.4. The van der Waals surface area contributed by atoms with E-state index in [9.17, 15) is 0 Å². The summed E-state index contributed by atoms with van der Waals surface area (Å²) < 4.78 is 3.70. The number of fused-ring (bicyclic) bond motifs is 1. The lowest BCUT2D eigenvalue weighted by Gasteiger charge is -2.03. The van der Waals surface area contributed by atoms with E-state index in [0.29, 0.717) is 6.04 Å². The van der Waals surface area contributed by atoms with Crippen LogP contribution in [-0.2, 0) is 0 Å². The van der Waals surface area contributed by atoms with Gasteiger partial charge in [0.15, 0.2) is 5.65 Å². The van der Waals surface area contributed by atoms with Crippen molar-refractivity contribution in [3.63, 3.8) is 0 Å². The molecule has 2 rings (SSSR count). The molecule has 0 aromatic carbocycles. The van der Waals surface area contributed by atoms with Gasteiger partial charge in [0.1, 0.15) is 6.33 Å². The molecule has 4 heteroatoms. The van der Waals surface area contributed by atoms with Crippen LogP contribution in [0.1, 0.15) is 19.9 Å². The summed E-state index contributed by atoms with van der Waals surface area (Å²) in [7, 11) is 0. The molecule has 2 heterocycles. The van der Waals surface area contributed by atoms with E-state index in [-0.39, 0.29) is 0 Å². The van der Waals surface area contributed by atoms with Crippen LogP contribution in [0.25, 0.3) is 5.65 Å². The van der Waals surface area contributed by atoms with Gasteiger partial charge in [0.25, 0.3) is 0 Å². The van der Waals surface area contributed by atoms with Crippen molar-refractivity contribution >= 4 is 5.65 Å². The van der Waals surface area contributed by atoms with Crippen LogP contribution in [0.15, 0.2) is 18.6 Å². The molecule has 0 aliphatic heterocycles. The number of hydrogen-bond acceptors (Lipinski definition) is 2. The maximum Gasteiger partial charge on any atom is 0.154 e. The molecule has 0 saturated heterocycles. The number of nitrogens with zero attached hydrogens (tertiary/aromatic N) is 4. The topological polar surface area (TPSA) is 35.1 Å². The van der Waals surface area contributed by atoms with E-state index >= 15 is 0 Å². The molecular formula is C7H10N4. The average Bonchev–Trinajstić information content (AvgIpc) is 2.41. The van der Waals surface area contributed by atoms with Crippen LogP contribution in [0, 0.1) is 0 Å². The van der Waals surface area contributed by atoms with E-state index in [4.69, 9.17) is 0 Å². The van der Waals surface area contributed by atoms with Crippen molar-refractivity contribution < 1.29 is 0 Å². The first-order valence-corrected chi connectivity index (χ1v) is 3.66. The van der Waals surface area contributed by atoms with Gasteiger partial charge in [-0.05, 0) is 13.8 Å². The van der Waals surface area contributed by atoms with Gasteiger partial charge in [-0.1, -0.05) is 0 Å². The summed E-state index contributed by atoms with van der Waals surface area (Å²) in [6.07, 6.45) is 3.49. The van der Waals surface area contributed by atoms with E-state index in [1.165, 1.54) is 0 Å². The zero-order valence-corrected chi connectivity index (χ0v) is 6.60. The first-order chi connectivity index (χ1) is 5.29. The Hall–Kier alpha value is -1.32. The maximum atomic E-state index is 4.17. The molecule has 0 spiro atoms. The van der Waals surface area contributed by atoms with Crippen molar-refractivity contribution in [1.29, 1.82) is 0 Å². The van der Waals surface area contributed by atoms with E-state index in [2.05, 4.69) is 24.0 Å². The van der Waals surface area contributed by atoms with Crippen LogP contribution >= 0.6 is 0 Å². The third-order valence-corrected chi connectivity index (χ3v) is 1.66. The zero-order valence-electron chi connectivity index (χ0n) is 6.60. The van der Waals surface area contributed by atoms with Crippen LogP contribution in [0.5, 0.6) is 0 Å². The van der Waals surface area contributed by atoms with E-state index < -0.39 is 0 Å².